The van der Waals surface area contributed by atoms with Gasteiger partial charge in [0.1, 0.15) is 23.3 Å². The second kappa shape index (κ2) is 7.58. The van der Waals surface area contributed by atoms with Crippen LogP contribution in [0.1, 0.15) is 30.0 Å². The van der Waals surface area contributed by atoms with Crippen LogP contribution in [0.4, 0.5) is 17.6 Å². The molecule has 0 aliphatic rings. The number of hydrogen-bond acceptors (Lipinski definition) is 9. The number of rotatable bonds is 4. The van der Waals surface area contributed by atoms with E-state index in [1.165, 1.54) is 10.8 Å². The first kappa shape index (κ1) is 20.1. The van der Waals surface area contributed by atoms with Gasteiger partial charge in [-0.2, -0.15) is 20.3 Å². The lowest BCUT2D eigenvalue weighted by Crippen LogP contribution is -2.28. The van der Waals surface area contributed by atoms with Gasteiger partial charge in [0.2, 0.25) is 5.95 Å². The van der Waals surface area contributed by atoms with Crippen LogP contribution in [0.25, 0.3) is 16.6 Å². The Hall–Kier alpha value is -4.17. The van der Waals surface area contributed by atoms with E-state index in [0.717, 1.165) is 0 Å². The Kier molecular flexibility index (Phi) is 4.92. The van der Waals surface area contributed by atoms with Crippen LogP contribution in [0, 0.1) is 18.3 Å². The first-order chi connectivity index (χ1) is 14.8. The summed E-state index contributed by atoms with van der Waals surface area (Å²) in [4.78, 5) is 26.0. The average Bonchev–Trinajstić information content (AvgIpc) is 3.13. The van der Waals surface area contributed by atoms with Crippen molar-refractivity contribution in [3.8, 4) is 11.8 Å². The van der Waals surface area contributed by atoms with E-state index in [1.54, 1.807) is 32.0 Å². The van der Waals surface area contributed by atoms with E-state index in [2.05, 4.69) is 30.5 Å². The first-order valence-electron chi connectivity index (χ1n) is 9.13. The molecule has 0 aliphatic heterocycles. The Morgan fingerprint density at radius 1 is 1.29 bits per heavy atom. The number of hydrogen-bond donors (Lipinski definition) is 4. The molecule has 0 amide bonds. The molecular weight excluding hydrogens is 420 g/mol. The van der Waals surface area contributed by atoms with E-state index in [9.17, 15) is 10.1 Å². The molecule has 0 unspecified atom stereocenters. The number of fused-ring (bicyclic) bond motifs is 1. The van der Waals surface area contributed by atoms with Crippen LogP contribution in [0.3, 0.4) is 0 Å². The smallest absolute Gasteiger partial charge is 0.267 e. The normalized spacial score (nSPS) is 11.9. The lowest BCUT2D eigenvalue weighted by molar-refractivity contribution is 0.729. The molecule has 3 heterocycles. The van der Waals surface area contributed by atoms with Gasteiger partial charge in [-0.3, -0.25) is 14.5 Å². The van der Waals surface area contributed by atoms with Gasteiger partial charge < -0.3 is 16.8 Å². The highest BCUT2D eigenvalue weighted by Crippen LogP contribution is 2.27. The maximum absolute atomic E-state index is 13.5. The van der Waals surface area contributed by atoms with Crippen LogP contribution in [-0.2, 0) is 0 Å². The van der Waals surface area contributed by atoms with Gasteiger partial charge in [-0.25, -0.2) is 4.98 Å². The molecule has 3 aromatic heterocycles. The predicted octanol–water partition coefficient (Wildman–Crippen LogP) is 2.07. The Labute approximate surface area is 180 Å². The summed E-state index contributed by atoms with van der Waals surface area (Å²) in [5, 5.41) is 19.9. The maximum Gasteiger partial charge on any atom is 0.267 e. The van der Waals surface area contributed by atoms with Gasteiger partial charge in [0.25, 0.3) is 5.56 Å². The average molecular weight is 437 g/mol. The first-order valence-corrected chi connectivity index (χ1v) is 9.50. The zero-order valence-corrected chi connectivity index (χ0v) is 17.3. The van der Waals surface area contributed by atoms with Gasteiger partial charge >= 0.3 is 0 Å². The van der Waals surface area contributed by atoms with Crippen LogP contribution in [0.5, 0.6) is 0 Å². The SMILES string of the molecule is Cc1[nH]ncc1-n1c([C@H](C)Nc2nc(N)nc(N)c2C#N)nc2cccc(Cl)c2c1=O. The molecule has 0 saturated carbocycles. The summed E-state index contributed by atoms with van der Waals surface area (Å²) in [6.45, 7) is 3.55. The van der Waals surface area contributed by atoms with E-state index >= 15 is 0 Å². The molecule has 4 rings (SSSR count). The van der Waals surface area contributed by atoms with Gasteiger partial charge in [0, 0.05) is 0 Å². The summed E-state index contributed by atoms with van der Waals surface area (Å²) in [6.07, 6.45) is 1.53. The summed E-state index contributed by atoms with van der Waals surface area (Å²) >= 11 is 6.30. The molecule has 1 atom stereocenters. The minimum atomic E-state index is -0.591. The van der Waals surface area contributed by atoms with Gasteiger partial charge in [-0.1, -0.05) is 17.7 Å². The Bertz CT molecular complexity index is 1420. The third kappa shape index (κ3) is 3.38. The van der Waals surface area contributed by atoms with Crippen molar-refractivity contribution >= 4 is 40.1 Å². The third-order valence-electron chi connectivity index (χ3n) is 4.72. The standard InChI is InChI=1S/C19H17ClN10O/c1-8-13(7-24-29-8)30-17(26-12-5-3-4-11(20)14(12)18(30)31)9(2)25-16-10(6-21)15(22)27-19(23)28-16/h3-5,7,9H,1-2H3,(H,24,29)(H5,22,23,25,27,28)/t9-/m0/s1. The zero-order valence-electron chi connectivity index (χ0n) is 16.5. The van der Waals surface area contributed by atoms with Crippen LogP contribution in [-0.4, -0.2) is 29.7 Å². The molecule has 0 spiro atoms. The molecule has 0 radical (unpaired) electrons. The highest BCUT2D eigenvalue weighted by atomic mass is 35.5. The topological polar surface area (TPSA) is 177 Å². The molecule has 11 nitrogen and oxygen atoms in total. The van der Waals surface area contributed by atoms with E-state index < -0.39 is 6.04 Å². The zero-order chi connectivity index (χ0) is 22.3. The van der Waals surface area contributed by atoms with E-state index in [-0.39, 0.29) is 34.1 Å². The molecule has 31 heavy (non-hydrogen) atoms. The van der Waals surface area contributed by atoms with Crippen molar-refractivity contribution in [2.45, 2.75) is 19.9 Å². The summed E-state index contributed by atoms with van der Waals surface area (Å²) in [7, 11) is 0. The van der Waals surface area contributed by atoms with Crippen molar-refractivity contribution < 1.29 is 0 Å². The number of aromatic nitrogens is 6. The Balaban J connectivity index is 1.95. The van der Waals surface area contributed by atoms with Crippen molar-refractivity contribution in [1.29, 1.82) is 5.26 Å². The number of nitrogens with two attached hydrogens (primary N) is 2. The molecule has 0 aliphatic carbocycles. The van der Waals surface area contributed by atoms with Crippen LogP contribution >= 0.6 is 11.6 Å². The number of H-pyrrole nitrogens is 1. The molecule has 0 saturated heterocycles. The monoisotopic (exact) mass is 436 g/mol. The van der Waals surface area contributed by atoms with Gasteiger partial charge in [0.05, 0.1) is 39.5 Å². The summed E-state index contributed by atoms with van der Waals surface area (Å²) in [5.41, 5.74) is 12.8. The highest BCUT2D eigenvalue weighted by molar-refractivity contribution is 6.35. The fourth-order valence-corrected chi connectivity index (χ4v) is 3.53. The number of nitrogens with zero attached hydrogens (tertiary/aromatic N) is 6. The van der Waals surface area contributed by atoms with E-state index in [0.29, 0.717) is 27.7 Å². The minimum absolute atomic E-state index is 0.0401. The van der Waals surface area contributed by atoms with Crippen molar-refractivity contribution in [3.05, 3.63) is 56.9 Å². The minimum Gasteiger partial charge on any atom is -0.382 e. The van der Waals surface area contributed by atoms with Crippen LogP contribution in [0.15, 0.2) is 29.2 Å². The summed E-state index contributed by atoms with van der Waals surface area (Å²) in [6, 6.07) is 6.41. The van der Waals surface area contributed by atoms with Crippen molar-refractivity contribution in [1.82, 2.24) is 29.7 Å². The van der Waals surface area contributed by atoms with Gasteiger partial charge in [-0.05, 0) is 26.0 Å². The fraction of sp³-hybridized carbons (Fsp3) is 0.158. The third-order valence-corrected chi connectivity index (χ3v) is 5.04. The fourth-order valence-electron chi connectivity index (χ4n) is 3.28. The lowest BCUT2D eigenvalue weighted by Gasteiger charge is -2.20. The molecule has 1 aromatic carbocycles. The van der Waals surface area contributed by atoms with Crippen molar-refractivity contribution in [2.24, 2.45) is 0 Å². The number of halogens is 1. The number of nitriles is 1. The number of aryl methyl sites for hydroxylation is 1. The number of benzene rings is 1. The Morgan fingerprint density at radius 2 is 2.06 bits per heavy atom. The van der Waals surface area contributed by atoms with Crippen molar-refractivity contribution in [2.75, 3.05) is 16.8 Å². The van der Waals surface area contributed by atoms with Crippen LogP contribution < -0.4 is 22.3 Å². The summed E-state index contributed by atoms with van der Waals surface area (Å²) in [5.74, 6) is 0.346. The molecular formula is C19H17ClN10O. The lowest BCUT2D eigenvalue weighted by atomic mass is 10.2. The summed E-state index contributed by atoms with van der Waals surface area (Å²) < 4.78 is 1.42. The second-order valence-electron chi connectivity index (χ2n) is 6.79. The van der Waals surface area contributed by atoms with Gasteiger partial charge in [-0.15, -0.1) is 0 Å². The van der Waals surface area contributed by atoms with Crippen LogP contribution in [0.2, 0.25) is 5.02 Å². The number of anilines is 3. The second-order valence-corrected chi connectivity index (χ2v) is 7.20. The number of nitrogen functional groups attached to an aromatic ring is 2. The number of nitrogens with one attached hydrogen (secondary N) is 2. The molecule has 0 bridgehead atoms. The van der Waals surface area contributed by atoms with E-state index in [4.69, 9.17) is 23.1 Å². The molecule has 12 heteroatoms. The Morgan fingerprint density at radius 3 is 2.74 bits per heavy atom. The highest BCUT2D eigenvalue weighted by Gasteiger charge is 2.23. The number of aromatic amines is 1. The largest absolute Gasteiger partial charge is 0.382 e. The predicted molar refractivity (Wildman–Crippen MR) is 117 cm³/mol. The van der Waals surface area contributed by atoms with E-state index in [1.807, 2.05) is 6.07 Å². The molecule has 6 N–H and O–H groups in total. The quantitative estimate of drug-likeness (QED) is 0.372. The van der Waals surface area contributed by atoms with Crippen molar-refractivity contribution in [3.63, 3.8) is 0 Å². The van der Waals surface area contributed by atoms with Gasteiger partial charge in [0.15, 0.2) is 5.82 Å². The maximum atomic E-state index is 13.5. The molecule has 156 valence electrons. The molecule has 0 fully saturated rings. The molecule has 4 aromatic rings.